The molecular formula is C20H19N5O2. The van der Waals surface area contributed by atoms with Gasteiger partial charge in [0.05, 0.1) is 30.6 Å². The van der Waals surface area contributed by atoms with Gasteiger partial charge in [-0.05, 0) is 56.0 Å². The number of nitrogens with zero attached hydrogens (tertiary/aromatic N) is 5. The summed E-state index contributed by atoms with van der Waals surface area (Å²) >= 11 is 0. The molecule has 0 N–H and O–H groups in total. The number of hydrogen-bond acceptors (Lipinski definition) is 6. The smallest absolute Gasteiger partial charge is 0.336 e. The zero-order valence-corrected chi connectivity index (χ0v) is 15.0. The number of ether oxygens (including phenoxy) is 2. The van der Waals surface area contributed by atoms with Crippen molar-refractivity contribution in [2.45, 2.75) is 31.8 Å². The third-order valence-electron chi connectivity index (χ3n) is 4.61. The maximum Gasteiger partial charge on any atom is 0.336 e. The van der Waals surface area contributed by atoms with E-state index in [-0.39, 0.29) is 6.10 Å². The molecule has 0 saturated heterocycles. The molecule has 0 amide bonds. The third kappa shape index (κ3) is 3.60. The Kier molecular flexibility index (Phi) is 4.71. The zero-order chi connectivity index (χ0) is 18.6. The van der Waals surface area contributed by atoms with Gasteiger partial charge in [0.1, 0.15) is 6.10 Å². The maximum atomic E-state index is 9.02. The summed E-state index contributed by atoms with van der Waals surface area (Å²) in [5, 5.41) is 13.6. The molecule has 0 radical (unpaired) electrons. The van der Waals surface area contributed by atoms with Gasteiger partial charge < -0.3 is 9.47 Å². The molecule has 1 fully saturated rings. The molecule has 0 spiro atoms. The molecule has 0 aliphatic heterocycles. The lowest BCUT2D eigenvalue weighted by Gasteiger charge is -2.08. The van der Waals surface area contributed by atoms with Crippen LogP contribution >= 0.6 is 0 Å². The quantitative estimate of drug-likeness (QED) is 0.691. The minimum absolute atomic E-state index is 0.170. The van der Waals surface area contributed by atoms with Crippen molar-refractivity contribution in [3.8, 4) is 35.0 Å². The standard InChI is InChI=1S/C20H19N5O2/c1-26-18-11-10-16(13-22-18)25-19(15-8-6-14(12-21)7-9-15)23-20(24-25)27-17-4-2-3-5-17/h6-11,13,17H,2-5H2,1H3. The molecule has 4 rings (SSSR count). The van der Waals surface area contributed by atoms with E-state index in [1.165, 1.54) is 12.8 Å². The molecule has 0 bridgehead atoms. The van der Waals surface area contributed by atoms with Gasteiger partial charge in [0.15, 0.2) is 5.82 Å². The maximum absolute atomic E-state index is 9.02. The Morgan fingerprint density at radius 3 is 2.52 bits per heavy atom. The molecule has 1 aromatic carbocycles. The van der Waals surface area contributed by atoms with Crippen LogP contribution in [0.3, 0.4) is 0 Å². The van der Waals surface area contributed by atoms with Crippen LogP contribution in [0.5, 0.6) is 11.9 Å². The van der Waals surface area contributed by atoms with Crippen LogP contribution in [0.25, 0.3) is 17.1 Å². The molecule has 7 nitrogen and oxygen atoms in total. The number of hydrogen-bond donors (Lipinski definition) is 0. The second-order valence-electron chi connectivity index (χ2n) is 6.40. The molecule has 1 aliphatic carbocycles. The number of aromatic nitrogens is 4. The van der Waals surface area contributed by atoms with E-state index in [2.05, 4.69) is 21.1 Å². The van der Waals surface area contributed by atoms with Crippen molar-refractivity contribution >= 4 is 0 Å². The summed E-state index contributed by atoms with van der Waals surface area (Å²) in [6.45, 7) is 0. The normalized spacial score (nSPS) is 14.1. The topological polar surface area (TPSA) is 85.9 Å². The average molecular weight is 361 g/mol. The molecule has 2 aromatic heterocycles. The molecule has 1 saturated carbocycles. The lowest BCUT2D eigenvalue weighted by molar-refractivity contribution is 0.192. The van der Waals surface area contributed by atoms with E-state index < -0.39 is 0 Å². The minimum atomic E-state index is 0.170. The van der Waals surface area contributed by atoms with Crippen LogP contribution in [-0.2, 0) is 0 Å². The summed E-state index contributed by atoms with van der Waals surface area (Å²) in [5.74, 6) is 1.17. The largest absolute Gasteiger partial charge is 0.481 e. The highest BCUT2D eigenvalue weighted by Gasteiger charge is 2.21. The van der Waals surface area contributed by atoms with Gasteiger partial charge in [-0.25, -0.2) is 9.67 Å². The van der Waals surface area contributed by atoms with Crippen molar-refractivity contribution < 1.29 is 9.47 Å². The predicted octanol–water partition coefficient (Wildman–Crippen LogP) is 3.53. The first-order valence-corrected chi connectivity index (χ1v) is 8.91. The molecular weight excluding hydrogens is 342 g/mol. The Morgan fingerprint density at radius 1 is 1.11 bits per heavy atom. The fraction of sp³-hybridized carbons (Fsp3) is 0.300. The Bertz CT molecular complexity index is 952. The Balaban J connectivity index is 1.73. The summed E-state index contributed by atoms with van der Waals surface area (Å²) in [5.41, 5.74) is 2.20. The van der Waals surface area contributed by atoms with Gasteiger partial charge in [-0.15, -0.1) is 5.10 Å². The van der Waals surface area contributed by atoms with Crippen LogP contribution in [0.1, 0.15) is 31.2 Å². The summed E-state index contributed by atoms with van der Waals surface area (Å²) in [7, 11) is 1.58. The van der Waals surface area contributed by atoms with E-state index in [1.54, 1.807) is 36.2 Å². The summed E-state index contributed by atoms with van der Waals surface area (Å²) < 4.78 is 12.8. The lowest BCUT2D eigenvalue weighted by atomic mass is 10.1. The predicted molar refractivity (Wildman–Crippen MR) is 98.7 cm³/mol. The summed E-state index contributed by atoms with van der Waals surface area (Å²) in [6, 6.07) is 13.4. The zero-order valence-electron chi connectivity index (χ0n) is 15.0. The molecule has 2 heterocycles. The number of methoxy groups -OCH3 is 1. The van der Waals surface area contributed by atoms with Crippen molar-refractivity contribution in [1.82, 2.24) is 19.7 Å². The average Bonchev–Trinajstić information content (AvgIpc) is 3.38. The molecule has 7 heteroatoms. The highest BCUT2D eigenvalue weighted by molar-refractivity contribution is 5.59. The highest BCUT2D eigenvalue weighted by Crippen LogP contribution is 2.27. The van der Waals surface area contributed by atoms with Crippen molar-refractivity contribution in [1.29, 1.82) is 5.26 Å². The molecule has 0 unspecified atom stereocenters. The Morgan fingerprint density at radius 2 is 1.89 bits per heavy atom. The number of pyridine rings is 1. The number of nitriles is 1. The fourth-order valence-electron chi connectivity index (χ4n) is 3.18. The molecule has 1 aliphatic rings. The van der Waals surface area contributed by atoms with Crippen LogP contribution in [0.4, 0.5) is 0 Å². The van der Waals surface area contributed by atoms with E-state index in [0.29, 0.717) is 23.3 Å². The highest BCUT2D eigenvalue weighted by atomic mass is 16.5. The summed E-state index contributed by atoms with van der Waals surface area (Å²) in [6.07, 6.45) is 6.27. The van der Waals surface area contributed by atoms with E-state index in [4.69, 9.17) is 14.7 Å². The third-order valence-corrected chi connectivity index (χ3v) is 4.61. The number of benzene rings is 1. The van der Waals surface area contributed by atoms with Gasteiger partial charge in [0.2, 0.25) is 5.88 Å². The van der Waals surface area contributed by atoms with Crippen LogP contribution < -0.4 is 9.47 Å². The van der Waals surface area contributed by atoms with Crippen LogP contribution in [0.15, 0.2) is 42.6 Å². The fourth-order valence-corrected chi connectivity index (χ4v) is 3.18. The minimum Gasteiger partial charge on any atom is -0.481 e. The van der Waals surface area contributed by atoms with Gasteiger partial charge >= 0.3 is 6.01 Å². The molecule has 3 aromatic rings. The first-order chi connectivity index (χ1) is 13.3. The first kappa shape index (κ1) is 17.0. The van der Waals surface area contributed by atoms with Gasteiger partial charge in [-0.1, -0.05) is 0 Å². The first-order valence-electron chi connectivity index (χ1n) is 8.91. The van der Waals surface area contributed by atoms with Crippen molar-refractivity contribution in [2.24, 2.45) is 0 Å². The van der Waals surface area contributed by atoms with Crippen LogP contribution in [0, 0.1) is 11.3 Å². The number of rotatable bonds is 5. The van der Waals surface area contributed by atoms with Crippen molar-refractivity contribution in [2.75, 3.05) is 7.11 Å². The second-order valence-corrected chi connectivity index (χ2v) is 6.40. The van der Waals surface area contributed by atoms with Gasteiger partial charge in [0.25, 0.3) is 0 Å². The molecule has 27 heavy (non-hydrogen) atoms. The second kappa shape index (κ2) is 7.46. The summed E-state index contributed by atoms with van der Waals surface area (Å²) in [4.78, 5) is 8.86. The molecule has 0 atom stereocenters. The Labute approximate surface area is 157 Å². The lowest BCUT2D eigenvalue weighted by Crippen LogP contribution is -2.12. The van der Waals surface area contributed by atoms with Crippen molar-refractivity contribution in [3.63, 3.8) is 0 Å². The Hall–Kier alpha value is -3.40. The van der Waals surface area contributed by atoms with Gasteiger partial charge in [-0.3, -0.25) is 0 Å². The van der Waals surface area contributed by atoms with E-state index in [9.17, 15) is 0 Å². The SMILES string of the molecule is COc1ccc(-n2nc(OC3CCCC3)nc2-c2ccc(C#N)cc2)cn1. The van der Waals surface area contributed by atoms with E-state index in [0.717, 1.165) is 24.1 Å². The monoisotopic (exact) mass is 361 g/mol. The van der Waals surface area contributed by atoms with Crippen LogP contribution in [-0.4, -0.2) is 33.0 Å². The van der Waals surface area contributed by atoms with Gasteiger partial charge in [0, 0.05) is 11.6 Å². The van der Waals surface area contributed by atoms with E-state index >= 15 is 0 Å². The van der Waals surface area contributed by atoms with Crippen molar-refractivity contribution in [3.05, 3.63) is 48.2 Å². The van der Waals surface area contributed by atoms with E-state index in [1.807, 2.05) is 18.2 Å². The van der Waals surface area contributed by atoms with Gasteiger partial charge in [-0.2, -0.15) is 10.2 Å². The molecule has 136 valence electrons. The van der Waals surface area contributed by atoms with Crippen LogP contribution in [0.2, 0.25) is 0 Å².